The molecule has 0 unspecified atom stereocenters. The van der Waals surface area contributed by atoms with Gasteiger partial charge in [0.1, 0.15) is 0 Å². The number of hydrogen-bond acceptors (Lipinski definition) is 3. The van der Waals surface area contributed by atoms with Gasteiger partial charge in [-0.05, 0) is 0 Å². The monoisotopic (exact) mass is 272 g/mol. The van der Waals surface area contributed by atoms with Crippen LogP contribution in [0.15, 0.2) is 12.4 Å². The van der Waals surface area contributed by atoms with Gasteiger partial charge in [-0.1, -0.05) is 6.58 Å². The molecule has 0 aliphatic rings. The standard InChI is InChI=1S/C6H7F6O3P/c1-2-16(13,14-3-5(7,8)9)15-4-6(10,11)12/h2H,1,3-4H2. The Bertz CT molecular complexity index is 261. The van der Waals surface area contributed by atoms with Crippen LogP contribution in [0.4, 0.5) is 26.3 Å². The molecule has 0 radical (unpaired) electrons. The summed E-state index contributed by atoms with van der Waals surface area (Å²) in [4.78, 5) is 0. The maximum atomic E-state index is 11.6. The summed E-state index contributed by atoms with van der Waals surface area (Å²) < 4.78 is 88.4. The fraction of sp³-hybridized carbons (Fsp3) is 0.667. The molecule has 0 rings (SSSR count). The van der Waals surface area contributed by atoms with Crippen LogP contribution in [0.1, 0.15) is 0 Å². The number of hydrogen-bond donors (Lipinski definition) is 0. The zero-order chi connectivity index (χ0) is 13.0. The summed E-state index contributed by atoms with van der Waals surface area (Å²) in [6, 6.07) is 0. The molecule has 0 N–H and O–H groups in total. The van der Waals surface area contributed by atoms with Crippen LogP contribution in [-0.2, 0) is 13.6 Å². The molecule has 0 fully saturated rings. The van der Waals surface area contributed by atoms with E-state index in [0.717, 1.165) is 0 Å². The molecule has 0 amide bonds. The second-order valence-corrected chi connectivity index (χ2v) is 4.46. The molecule has 16 heavy (non-hydrogen) atoms. The average molecular weight is 272 g/mol. The number of halogens is 6. The molecule has 0 aliphatic heterocycles. The normalized spacial score (nSPS) is 13.9. The van der Waals surface area contributed by atoms with Gasteiger partial charge < -0.3 is 0 Å². The van der Waals surface area contributed by atoms with Crippen LogP contribution < -0.4 is 0 Å². The fourth-order valence-corrected chi connectivity index (χ4v) is 1.41. The van der Waals surface area contributed by atoms with E-state index in [4.69, 9.17) is 0 Å². The summed E-state index contributed by atoms with van der Waals surface area (Å²) in [5.74, 6) is 0.282. The van der Waals surface area contributed by atoms with E-state index < -0.39 is 33.2 Å². The summed E-state index contributed by atoms with van der Waals surface area (Å²) in [6.45, 7) is -1.17. The largest absolute Gasteiger partial charge is 0.412 e. The molecule has 96 valence electrons. The predicted molar refractivity (Wildman–Crippen MR) is 41.8 cm³/mol. The van der Waals surface area contributed by atoms with E-state index in [1.54, 1.807) is 0 Å². The third kappa shape index (κ3) is 7.72. The van der Waals surface area contributed by atoms with Gasteiger partial charge in [-0.15, -0.1) is 0 Å². The third-order valence-electron chi connectivity index (χ3n) is 1.04. The molecule has 0 spiro atoms. The highest BCUT2D eigenvalue weighted by Crippen LogP contribution is 2.51. The average Bonchev–Trinajstić information content (AvgIpc) is 2.09. The minimum Gasteiger partial charge on any atom is -0.296 e. The van der Waals surface area contributed by atoms with Gasteiger partial charge in [0, 0.05) is 5.82 Å². The highest BCUT2D eigenvalue weighted by atomic mass is 31.2. The van der Waals surface area contributed by atoms with Crippen LogP contribution >= 0.6 is 7.60 Å². The van der Waals surface area contributed by atoms with Crippen molar-refractivity contribution in [2.24, 2.45) is 0 Å². The molecule has 0 heterocycles. The lowest BCUT2D eigenvalue weighted by Crippen LogP contribution is -2.19. The van der Waals surface area contributed by atoms with Crippen molar-refractivity contribution < 1.29 is 40.0 Å². The van der Waals surface area contributed by atoms with Crippen LogP contribution in [0.5, 0.6) is 0 Å². The lowest BCUT2D eigenvalue weighted by Gasteiger charge is -2.16. The predicted octanol–water partition coefficient (Wildman–Crippen LogP) is 3.48. The maximum absolute atomic E-state index is 11.6. The first-order chi connectivity index (χ1) is 6.97. The first-order valence-electron chi connectivity index (χ1n) is 3.63. The van der Waals surface area contributed by atoms with E-state index in [2.05, 4.69) is 15.6 Å². The van der Waals surface area contributed by atoms with Crippen LogP contribution in [-0.4, -0.2) is 25.6 Å². The molecule has 0 atom stereocenters. The Hall–Kier alpha value is -0.530. The third-order valence-corrected chi connectivity index (χ3v) is 2.47. The van der Waals surface area contributed by atoms with Gasteiger partial charge in [-0.2, -0.15) is 26.3 Å². The molecule has 0 saturated carbocycles. The molecular weight excluding hydrogens is 265 g/mol. The van der Waals surface area contributed by atoms with Crippen molar-refractivity contribution in [1.29, 1.82) is 0 Å². The second kappa shape index (κ2) is 5.20. The second-order valence-electron chi connectivity index (χ2n) is 2.50. The van der Waals surface area contributed by atoms with Crippen molar-refractivity contribution in [2.75, 3.05) is 13.2 Å². The van der Waals surface area contributed by atoms with Crippen molar-refractivity contribution in [2.45, 2.75) is 12.4 Å². The molecule has 3 nitrogen and oxygen atoms in total. The first kappa shape index (κ1) is 15.5. The van der Waals surface area contributed by atoms with Gasteiger partial charge in [0.15, 0.2) is 13.2 Å². The van der Waals surface area contributed by atoms with E-state index in [0.29, 0.717) is 0 Å². The topological polar surface area (TPSA) is 35.5 Å². The van der Waals surface area contributed by atoms with Gasteiger partial charge >= 0.3 is 19.9 Å². The summed E-state index contributed by atoms with van der Waals surface area (Å²) >= 11 is 0. The fourth-order valence-electron chi connectivity index (χ4n) is 0.469. The van der Waals surface area contributed by atoms with Crippen LogP contribution in [0.3, 0.4) is 0 Å². The SMILES string of the molecule is C=CP(=O)(OCC(F)(F)F)OCC(F)(F)F. The van der Waals surface area contributed by atoms with E-state index in [-0.39, 0.29) is 5.82 Å². The molecule has 0 bridgehead atoms. The molecule has 0 saturated heterocycles. The Morgan fingerprint density at radius 1 is 1.00 bits per heavy atom. The Kier molecular flexibility index (Phi) is 5.03. The van der Waals surface area contributed by atoms with E-state index in [1.807, 2.05) is 0 Å². The maximum Gasteiger partial charge on any atom is 0.412 e. The van der Waals surface area contributed by atoms with E-state index >= 15 is 0 Å². The summed E-state index contributed by atoms with van der Waals surface area (Å²) in [6.07, 6.45) is -9.64. The molecule has 0 aromatic carbocycles. The zero-order valence-electron chi connectivity index (χ0n) is 7.64. The molecule has 0 aromatic heterocycles. The van der Waals surface area contributed by atoms with Gasteiger partial charge in [-0.25, -0.2) is 0 Å². The lowest BCUT2D eigenvalue weighted by molar-refractivity contribution is -0.164. The minimum absolute atomic E-state index is 0.282. The quantitative estimate of drug-likeness (QED) is 0.567. The van der Waals surface area contributed by atoms with Crippen molar-refractivity contribution in [1.82, 2.24) is 0 Å². The Morgan fingerprint density at radius 3 is 1.50 bits per heavy atom. The van der Waals surface area contributed by atoms with Crippen molar-refractivity contribution >= 4 is 7.60 Å². The van der Waals surface area contributed by atoms with Crippen molar-refractivity contribution in [3.63, 3.8) is 0 Å². The minimum atomic E-state index is -4.82. The van der Waals surface area contributed by atoms with Crippen molar-refractivity contribution in [3.05, 3.63) is 12.4 Å². The van der Waals surface area contributed by atoms with E-state index in [9.17, 15) is 30.9 Å². The van der Waals surface area contributed by atoms with Gasteiger partial charge in [-0.3, -0.25) is 13.6 Å². The molecule has 10 heteroatoms. The first-order valence-corrected chi connectivity index (χ1v) is 5.24. The number of rotatable bonds is 5. The van der Waals surface area contributed by atoms with E-state index in [1.165, 1.54) is 0 Å². The van der Waals surface area contributed by atoms with Crippen LogP contribution in [0.25, 0.3) is 0 Å². The Labute approximate surface area is 86.6 Å². The summed E-state index contributed by atoms with van der Waals surface area (Å²) in [5.41, 5.74) is 0. The van der Waals surface area contributed by atoms with Crippen LogP contribution in [0.2, 0.25) is 0 Å². The molecular formula is C6H7F6O3P. The lowest BCUT2D eigenvalue weighted by atomic mass is 10.7. The number of alkyl halides is 6. The highest BCUT2D eigenvalue weighted by Gasteiger charge is 2.36. The molecule has 0 aliphatic carbocycles. The van der Waals surface area contributed by atoms with Gasteiger partial charge in [0.2, 0.25) is 0 Å². The summed E-state index contributed by atoms with van der Waals surface area (Å²) in [7, 11) is -4.57. The van der Waals surface area contributed by atoms with Crippen LogP contribution in [0, 0.1) is 0 Å². The highest BCUT2D eigenvalue weighted by molar-refractivity contribution is 7.57. The van der Waals surface area contributed by atoms with Gasteiger partial charge in [0.25, 0.3) is 0 Å². The molecule has 0 aromatic rings. The smallest absolute Gasteiger partial charge is 0.296 e. The van der Waals surface area contributed by atoms with Crippen molar-refractivity contribution in [3.8, 4) is 0 Å². The Morgan fingerprint density at radius 2 is 1.31 bits per heavy atom. The zero-order valence-corrected chi connectivity index (χ0v) is 8.53. The Balaban J connectivity index is 4.33. The van der Waals surface area contributed by atoms with Gasteiger partial charge in [0.05, 0.1) is 0 Å². The summed E-state index contributed by atoms with van der Waals surface area (Å²) in [5, 5.41) is 0.